The van der Waals surface area contributed by atoms with Gasteiger partial charge in [-0.1, -0.05) is 32.0 Å². The molecule has 7 heteroatoms. The van der Waals surface area contributed by atoms with Crippen LogP contribution in [-0.2, 0) is 23.1 Å². The number of nitrogens with zero attached hydrogens (tertiary/aromatic N) is 2. The first-order valence-corrected chi connectivity index (χ1v) is 10.0. The van der Waals surface area contributed by atoms with E-state index in [-0.39, 0.29) is 6.54 Å². The topological polar surface area (TPSA) is 62.3 Å². The lowest BCUT2D eigenvalue weighted by Crippen LogP contribution is -2.24. The van der Waals surface area contributed by atoms with E-state index in [1.165, 1.54) is 11.3 Å². The van der Waals surface area contributed by atoms with Gasteiger partial charge in [0.1, 0.15) is 5.01 Å². The molecule has 2 aromatic rings. The molecule has 0 bridgehead atoms. The van der Waals surface area contributed by atoms with Crippen LogP contribution in [0.3, 0.4) is 0 Å². The van der Waals surface area contributed by atoms with E-state index in [0.717, 1.165) is 35.9 Å². The first-order valence-electron chi connectivity index (χ1n) is 7.67. The Kier molecular flexibility index (Phi) is 6.29. The van der Waals surface area contributed by atoms with Crippen LogP contribution in [0.25, 0.3) is 0 Å². The highest BCUT2D eigenvalue weighted by Gasteiger charge is 2.16. The summed E-state index contributed by atoms with van der Waals surface area (Å²) in [4.78, 5) is 7.11. The van der Waals surface area contributed by atoms with E-state index in [4.69, 9.17) is 0 Å². The van der Waals surface area contributed by atoms with Crippen LogP contribution >= 0.6 is 11.3 Å². The Morgan fingerprint density at radius 2 is 1.91 bits per heavy atom. The third-order valence-electron chi connectivity index (χ3n) is 3.68. The third-order valence-corrected chi connectivity index (χ3v) is 6.13. The van der Waals surface area contributed by atoms with E-state index >= 15 is 0 Å². The van der Waals surface area contributed by atoms with Gasteiger partial charge >= 0.3 is 0 Å². The lowest BCUT2D eigenvalue weighted by atomic mass is 10.2. The number of nitrogens with one attached hydrogen (secondary N) is 1. The molecule has 0 radical (unpaired) electrons. The van der Waals surface area contributed by atoms with Gasteiger partial charge in [-0.2, -0.15) is 0 Å². The molecule has 0 saturated heterocycles. The molecule has 0 amide bonds. The van der Waals surface area contributed by atoms with Gasteiger partial charge in [0.2, 0.25) is 10.0 Å². The van der Waals surface area contributed by atoms with Gasteiger partial charge in [0.25, 0.3) is 0 Å². The van der Waals surface area contributed by atoms with Crippen LogP contribution in [0.15, 0.2) is 34.5 Å². The van der Waals surface area contributed by atoms with Gasteiger partial charge in [-0.05, 0) is 31.6 Å². The average molecular weight is 354 g/mol. The quantitative estimate of drug-likeness (QED) is 0.793. The van der Waals surface area contributed by atoms with E-state index in [1.807, 2.05) is 11.4 Å². The molecule has 1 aromatic heterocycles. The maximum atomic E-state index is 12.4. The summed E-state index contributed by atoms with van der Waals surface area (Å²) in [5, 5.41) is 2.78. The average Bonchev–Trinajstić information content (AvgIpc) is 2.98. The molecule has 0 unspecified atom stereocenters. The van der Waals surface area contributed by atoms with E-state index in [9.17, 15) is 8.42 Å². The Bertz CT molecular complexity index is 737. The molecular weight excluding hydrogens is 330 g/mol. The highest BCUT2D eigenvalue weighted by Crippen LogP contribution is 2.16. The van der Waals surface area contributed by atoms with Gasteiger partial charge < -0.3 is 0 Å². The summed E-state index contributed by atoms with van der Waals surface area (Å²) in [6.45, 7) is 9.00. The highest BCUT2D eigenvalue weighted by atomic mass is 32.2. The fourth-order valence-electron chi connectivity index (χ4n) is 2.27. The number of rotatable bonds is 8. The summed E-state index contributed by atoms with van der Waals surface area (Å²) < 4.78 is 27.4. The standard InChI is InChI=1S/C16H23N3O2S2/c1-4-19(5-2)11-14-12-22-16(18-14)10-17-23(20,21)15-9-7-6-8-13(15)3/h6-9,12,17H,4-5,10-11H2,1-3H3. The van der Waals surface area contributed by atoms with Crippen LogP contribution in [0.1, 0.15) is 30.1 Å². The summed E-state index contributed by atoms with van der Waals surface area (Å²) in [7, 11) is -3.51. The van der Waals surface area contributed by atoms with Gasteiger partial charge in [0.05, 0.1) is 17.1 Å². The Balaban J connectivity index is 2.01. The normalized spacial score (nSPS) is 12.0. The van der Waals surface area contributed by atoms with Crippen molar-refractivity contribution < 1.29 is 8.42 Å². The van der Waals surface area contributed by atoms with Crippen LogP contribution in [-0.4, -0.2) is 31.4 Å². The lowest BCUT2D eigenvalue weighted by Gasteiger charge is -2.15. The predicted molar refractivity (Wildman–Crippen MR) is 93.9 cm³/mol. The van der Waals surface area contributed by atoms with Crippen molar-refractivity contribution in [2.45, 2.75) is 38.8 Å². The van der Waals surface area contributed by atoms with Crippen molar-refractivity contribution in [3.8, 4) is 0 Å². The van der Waals surface area contributed by atoms with Gasteiger partial charge in [-0.15, -0.1) is 11.3 Å². The van der Waals surface area contributed by atoms with Gasteiger partial charge in [-0.3, -0.25) is 4.90 Å². The molecule has 0 atom stereocenters. The molecule has 23 heavy (non-hydrogen) atoms. The number of hydrogen-bond acceptors (Lipinski definition) is 5. The van der Waals surface area contributed by atoms with E-state index in [0.29, 0.717) is 4.90 Å². The molecule has 0 aliphatic heterocycles. The summed E-state index contributed by atoms with van der Waals surface area (Å²) in [5.41, 5.74) is 1.73. The monoisotopic (exact) mass is 353 g/mol. The minimum atomic E-state index is -3.51. The maximum Gasteiger partial charge on any atom is 0.241 e. The second-order valence-electron chi connectivity index (χ2n) is 5.28. The fourth-order valence-corrected chi connectivity index (χ4v) is 4.32. The minimum Gasteiger partial charge on any atom is -0.298 e. The maximum absolute atomic E-state index is 12.4. The van der Waals surface area contributed by atoms with Crippen LogP contribution in [0.4, 0.5) is 0 Å². The zero-order valence-corrected chi connectivity index (χ0v) is 15.4. The molecule has 126 valence electrons. The number of aromatic nitrogens is 1. The van der Waals surface area contributed by atoms with Crippen molar-refractivity contribution in [2.75, 3.05) is 13.1 Å². The highest BCUT2D eigenvalue weighted by molar-refractivity contribution is 7.89. The Morgan fingerprint density at radius 3 is 2.57 bits per heavy atom. The first kappa shape index (κ1) is 18.1. The Morgan fingerprint density at radius 1 is 1.22 bits per heavy atom. The van der Waals surface area contributed by atoms with Crippen LogP contribution in [0.2, 0.25) is 0 Å². The van der Waals surface area contributed by atoms with Crippen LogP contribution in [0.5, 0.6) is 0 Å². The number of aryl methyl sites for hydroxylation is 1. The van der Waals surface area contributed by atoms with Crippen molar-refractivity contribution in [3.63, 3.8) is 0 Å². The Labute approximate surface area is 142 Å². The molecule has 0 saturated carbocycles. The summed E-state index contributed by atoms with van der Waals surface area (Å²) in [5.74, 6) is 0. The summed E-state index contributed by atoms with van der Waals surface area (Å²) in [6, 6.07) is 6.97. The number of sulfonamides is 1. The van der Waals surface area contributed by atoms with E-state index < -0.39 is 10.0 Å². The van der Waals surface area contributed by atoms with Gasteiger partial charge in [0, 0.05) is 11.9 Å². The van der Waals surface area contributed by atoms with Crippen LogP contribution in [0, 0.1) is 6.92 Å². The smallest absolute Gasteiger partial charge is 0.241 e. The van der Waals surface area contributed by atoms with E-state index in [2.05, 4.69) is 28.5 Å². The molecule has 5 nitrogen and oxygen atoms in total. The van der Waals surface area contributed by atoms with Crippen LogP contribution < -0.4 is 4.72 Å². The molecule has 0 aliphatic carbocycles. The number of hydrogen-bond donors (Lipinski definition) is 1. The predicted octanol–water partition coefficient (Wildman–Crippen LogP) is 2.77. The SMILES string of the molecule is CCN(CC)Cc1csc(CNS(=O)(=O)c2ccccc2C)n1. The summed E-state index contributed by atoms with van der Waals surface area (Å²) >= 11 is 1.49. The van der Waals surface area contributed by atoms with Crippen molar-refractivity contribution in [1.29, 1.82) is 0 Å². The Hall–Kier alpha value is -1.28. The molecule has 1 aromatic carbocycles. The van der Waals surface area contributed by atoms with E-state index in [1.54, 1.807) is 25.1 Å². The summed E-state index contributed by atoms with van der Waals surface area (Å²) in [6.07, 6.45) is 0. The zero-order chi connectivity index (χ0) is 16.9. The lowest BCUT2D eigenvalue weighted by molar-refractivity contribution is 0.292. The second kappa shape index (κ2) is 8.01. The fraction of sp³-hybridized carbons (Fsp3) is 0.438. The molecule has 0 spiro atoms. The van der Waals surface area contributed by atoms with Crippen molar-refractivity contribution >= 4 is 21.4 Å². The van der Waals surface area contributed by atoms with Crippen molar-refractivity contribution in [3.05, 3.63) is 45.9 Å². The molecule has 1 heterocycles. The van der Waals surface area contributed by atoms with Gasteiger partial charge in [0.15, 0.2) is 0 Å². The van der Waals surface area contributed by atoms with Crippen molar-refractivity contribution in [2.24, 2.45) is 0 Å². The van der Waals surface area contributed by atoms with Gasteiger partial charge in [-0.25, -0.2) is 18.1 Å². The second-order valence-corrected chi connectivity index (χ2v) is 7.96. The van der Waals surface area contributed by atoms with Crippen molar-refractivity contribution in [1.82, 2.24) is 14.6 Å². The first-order chi connectivity index (χ1) is 11.0. The molecule has 1 N–H and O–H groups in total. The molecular formula is C16H23N3O2S2. The number of benzene rings is 1. The zero-order valence-electron chi connectivity index (χ0n) is 13.7. The molecule has 0 fully saturated rings. The third kappa shape index (κ3) is 4.84. The molecule has 0 aliphatic rings. The minimum absolute atomic E-state index is 0.222. The number of thiazole rings is 1. The molecule has 2 rings (SSSR count). The largest absolute Gasteiger partial charge is 0.298 e.